The smallest absolute Gasteiger partial charge is 0.0992 e. The molecule has 0 saturated heterocycles. The molecule has 5 heteroatoms. The summed E-state index contributed by atoms with van der Waals surface area (Å²) in [5.41, 5.74) is 1.36. The zero-order chi connectivity index (χ0) is 12.7. The molecule has 4 nitrogen and oxygen atoms in total. The SMILES string of the molecule is CC(O)CNCCNc1ccc(C#N)cc1Cl. The lowest BCUT2D eigenvalue weighted by Gasteiger charge is -2.10. The van der Waals surface area contributed by atoms with Gasteiger partial charge in [-0.15, -0.1) is 0 Å². The summed E-state index contributed by atoms with van der Waals surface area (Å²) in [6.07, 6.45) is -0.339. The van der Waals surface area contributed by atoms with Crippen LogP contribution in [0.4, 0.5) is 5.69 Å². The molecule has 17 heavy (non-hydrogen) atoms. The molecule has 0 saturated carbocycles. The molecule has 0 radical (unpaired) electrons. The van der Waals surface area contributed by atoms with Gasteiger partial charge in [-0.3, -0.25) is 0 Å². The summed E-state index contributed by atoms with van der Waals surface area (Å²) in [7, 11) is 0. The first-order valence-corrected chi connectivity index (χ1v) is 5.83. The highest BCUT2D eigenvalue weighted by Gasteiger charge is 2.01. The van der Waals surface area contributed by atoms with E-state index >= 15 is 0 Å². The van der Waals surface area contributed by atoms with Crippen molar-refractivity contribution in [3.05, 3.63) is 28.8 Å². The highest BCUT2D eigenvalue weighted by atomic mass is 35.5. The fourth-order valence-corrected chi connectivity index (χ4v) is 1.57. The van der Waals surface area contributed by atoms with Gasteiger partial charge in [0, 0.05) is 19.6 Å². The van der Waals surface area contributed by atoms with Gasteiger partial charge in [0.1, 0.15) is 0 Å². The Morgan fingerprint density at radius 2 is 2.24 bits per heavy atom. The highest BCUT2D eigenvalue weighted by molar-refractivity contribution is 6.33. The molecule has 0 amide bonds. The number of benzene rings is 1. The molecule has 1 atom stereocenters. The lowest BCUT2D eigenvalue weighted by atomic mass is 10.2. The van der Waals surface area contributed by atoms with E-state index in [2.05, 4.69) is 10.6 Å². The quantitative estimate of drug-likeness (QED) is 0.674. The van der Waals surface area contributed by atoms with E-state index in [0.29, 0.717) is 23.7 Å². The van der Waals surface area contributed by atoms with Crippen LogP contribution in [-0.4, -0.2) is 30.8 Å². The largest absolute Gasteiger partial charge is 0.392 e. The van der Waals surface area contributed by atoms with Gasteiger partial charge in [0.25, 0.3) is 0 Å². The third kappa shape index (κ3) is 5.05. The lowest BCUT2D eigenvalue weighted by Crippen LogP contribution is -2.28. The normalized spacial score (nSPS) is 11.9. The second kappa shape index (κ2) is 7.13. The van der Waals surface area contributed by atoms with Crippen molar-refractivity contribution in [2.75, 3.05) is 25.0 Å². The van der Waals surface area contributed by atoms with E-state index in [-0.39, 0.29) is 6.10 Å². The van der Waals surface area contributed by atoms with Gasteiger partial charge in [-0.2, -0.15) is 5.26 Å². The van der Waals surface area contributed by atoms with Gasteiger partial charge in [-0.1, -0.05) is 11.6 Å². The Morgan fingerprint density at radius 1 is 1.47 bits per heavy atom. The maximum atomic E-state index is 9.04. The zero-order valence-electron chi connectivity index (χ0n) is 9.70. The average Bonchev–Trinajstić information content (AvgIpc) is 2.30. The molecule has 0 aliphatic heterocycles. The Hall–Kier alpha value is -1.28. The minimum atomic E-state index is -0.339. The highest BCUT2D eigenvalue weighted by Crippen LogP contribution is 2.22. The molecule has 0 bridgehead atoms. The van der Waals surface area contributed by atoms with Crippen molar-refractivity contribution in [2.45, 2.75) is 13.0 Å². The van der Waals surface area contributed by atoms with Gasteiger partial charge in [0.2, 0.25) is 0 Å². The maximum Gasteiger partial charge on any atom is 0.0992 e. The van der Waals surface area contributed by atoms with Crippen LogP contribution in [0.3, 0.4) is 0 Å². The fraction of sp³-hybridized carbons (Fsp3) is 0.417. The third-order valence-corrected chi connectivity index (χ3v) is 2.47. The minimum absolute atomic E-state index is 0.339. The monoisotopic (exact) mass is 253 g/mol. The average molecular weight is 254 g/mol. The van der Waals surface area contributed by atoms with Crippen molar-refractivity contribution in [1.29, 1.82) is 5.26 Å². The van der Waals surface area contributed by atoms with Crippen LogP contribution < -0.4 is 10.6 Å². The third-order valence-electron chi connectivity index (χ3n) is 2.16. The molecular weight excluding hydrogens is 238 g/mol. The lowest BCUT2D eigenvalue weighted by molar-refractivity contribution is 0.192. The topological polar surface area (TPSA) is 68.1 Å². The number of rotatable bonds is 6. The van der Waals surface area contributed by atoms with Gasteiger partial charge in [0.15, 0.2) is 0 Å². The summed E-state index contributed by atoms with van der Waals surface area (Å²) in [6, 6.07) is 7.17. The van der Waals surface area contributed by atoms with Crippen LogP contribution in [0.15, 0.2) is 18.2 Å². The second-order valence-corrected chi connectivity index (χ2v) is 4.19. The number of nitriles is 1. The molecule has 3 N–H and O–H groups in total. The molecule has 1 rings (SSSR count). The van der Waals surface area contributed by atoms with Crippen molar-refractivity contribution < 1.29 is 5.11 Å². The molecule has 1 unspecified atom stereocenters. The number of nitrogens with zero attached hydrogens (tertiary/aromatic N) is 1. The first-order chi connectivity index (χ1) is 8.13. The molecule has 92 valence electrons. The van der Waals surface area contributed by atoms with Crippen molar-refractivity contribution in [3.63, 3.8) is 0 Å². The number of aliphatic hydroxyl groups is 1. The van der Waals surface area contributed by atoms with Crippen molar-refractivity contribution >= 4 is 17.3 Å². The number of nitrogens with one attached hydrogen (secondary N) is 2. The van der Waals surface area contributed by atoms with Gasteiger partial charge in [-0.05, 0) is 25.1 Å². The van der Waals surface area contributed by atoms with Gasteiger partial charge in [-0.25, -0.2) is 0 Å². The van der Waals surface area contributed by atoms with Crippen molar-refractivity contribution in [1.82, 2.24) is 5.32 Å². The van der Waals surface area contributed by atoms with Gasteiger partial charge in [0.05, 0.1) is 28.4 Å². The Bertz CT molecular complexity index is 401. The standard InChI is InChI=1S/C12H16ClN3O/c1-9(17)8-15-4-5-16-12-3-2-10(7-14)6-11(12)13/h2-3,6,9,15-17H,4-5,8H2,1H3. The zero-order valence-corrected chi connectivity index (χ0v) is 10.5. The predicted octanol–water partition coefficient (Wildman–Crippen LogP) is 1.59. The molecule has 1 aromatic rings. The van der Waals surface area contributed by atoms with Crippen LogP contribution >= 0.6 is 11.6 Å². The van der Waals surface area contributed by atoms with Crippen LogP contribution in [-0.2, 0) is 0 Å². The maximum absolute atomic E-state index is 9.04. The van der Waals surface area contributed by atoms with Crippen LogP contribution in [0.25, 0.3) is 0 Å². The molecule has 0 spiro atoms. The first kappa shape index (κ1) is 13.8. The summed E-state index contributed by atoms with van der Waals surface area (Å²) in [5, 5.41) is 24.5. The van der Waals surface area contributed by atoms with E-state index in [1.54, 1.807) is 25.1 Å². The van der Waals surface area contributed by atoms with E-state index < -0.39 is 0 Å². The number of hydrogen-bond acceptors (Lipinski definition) is 4. The molecule has 0 aliphatic rings. The summed E-state index contributed by atoms with van der Waals surface area (Å²) >= 11 is 6.00. The van der Waals surface area contributed by atoms with Crippen LogP contribution in [0.5, 0.6) is 0 Å². The molecule has 0 heterocycles. The number of aliphatic hydroxyl groups excluding tert-OH is 1. The Labute approximate surface area is 106 Å². The van der Waals surface area contributed by atoms with Crippen molar-refractivity contribution in [3.8, 4) is 6.07 Å². The summed E-state index contributed by atoms with van der Waals surface area (Å²) in [6.45, 7) is 3.75. The summed E-state index contributed by atoms with van der Waals surface area (Å²) in [5.74, 6) is 0. The number of hydrogen-bond donors (Lipinski definition) is 3. The van der Waals surface area contributed by atoms with E-state index in [9.17, 15) is 0 Å². The van der Waals surface area contributed by atoms with Crippen LogP contribution in [0.2, 0.25) is 5.02 Å². The second-order valence-electron chi connectivity index (χ2n) is 3.79. The van der Waals surface area contributed by atoms with E-state index in [1.807, 2.05) is 6.07 Å². The molecule has 0 fully saturated rings. The van der Waals surface area contributed by atoms with E-state index in [1.165, 1.54) is 0 Å². The molecule has 0 aromatic heterocycles. The first-order valence-electron chi connectivity index (χ1n) is 5.46. The predicted molar refractivity (Wildman–Crippen MR) is 69.2 cm³/mol. The Balaban J connectivity index is 2.35. The van der Waals surface area contributed by atoms with Crippen LogP contribution in [0, 0.1) is 11.3 Å². The summed E-state index contributed by atoms with van der Waals surface area (Å²) < 4.78 is 0. The van der Waals surface area contributed by atoms with Crippen molar-refractivity contribution in [2.24, 2.45) is 0 Å². The Kier molecular flexibility index (Phi) is 5.78. The molecule has 1 aromatic carbocycles. The fourth-order valence-electron chi connectivity index (χ4n) is 1.32. The van der Waals surface area contributed by atoms with E-state index in [0.717, 1.165) is 12.2 Å². The summed E-state index contributed by atoms with van der Waals surface area (Å²) in [4.78, 5) is 0. The Morgan fingerprint density at radius 3 is 2.82 bits per heavy atom. The van der Waals surface area contributed by atoms with E-state index in [4.69, 9.17) is 22.0 Å². The molecule has 0 aliphatic carbocycles. The number of anilines is 1. The minimum Gasteiger partial charge on any atom is -0.392 e. The van der Waals surface area contributed by atoms with Gasteiger partial charge >= 0.3 is 0 Å². The van der Waals surface area contributed by atoms with Crippen LogP contribution in [0.1, 0.15) is 12.5 Å². The molecular formula is C12H16ClN3O. The van der Waals surface area contributed by atoms with Gasteiger partial charge < -0.3 is 15.7 Å². The number of halogens is 1.